The Morgan fingerprint density at radius 2 is 2.00 bits per heavy atom. The summed E-state index contributed by atoms with van der Waals surface area (Å²) in [6, 6.07) is 5.65. The molecule has 1 aliphatic heterocycles. The third-order valence-electron chi connectivity index (χ3n) is 3.45. The predicted molar refractivity (Wildman–Crippen MR) is 74.0 cm³/mol. The highest BCUT2D eigenvalue weighted by molar-refractivity contribution is 5.95. The van der Waals surface area contributed by atoms with Gasteiger partial charge in [0.1, 0.15) is 5.82 Å². The Balaban J connectivity index is 1.73. The van der Waals surface area contributed by atoms with E-state index in [0.717, 1.165) is 26.1 Å². The number of hydrogen-bond donors (Lipinski definition) is 1. The Labute approximate surface area is 118 Å². The van der Waals surface area contributed by atoms with Crippen LogP contribution in [0.3, 0.4) is 0 Å². The molecular weight excluding hydrogens is 259 g/mol. The normalized spacial score (nSPS) is 16.6. The van der Waals surface area contributed by atoms with Gasteiger partial charge in [0.2, 0.25) is 5.91 Å². The number of nitrogens with zero attached hydrogens (tertiary/aromatic N) is 1. The van der Waals surface area contributed by atoms with Gasteiger partial charge in [-0.1, -0.05) is 0 Å². The molecule has 1 aromatic rings. The van der Waals surface area contributed by atoms with E-state index in [9.17, 15) is 14.0 Å². The van der Waals surface area contributed by atoms with Crippen LogP contribution in [0.4, 0.5) is 4.39 Å². The van der Waals surface area contributed by atoms with Crippen LogP contribution in [0.25, 0.3) is 0 Å². The van der Waals surface area contributed by atoms with Crippen LogP contribution in [-0.2, 0) is 4.79 Å². The standard InChI is InChI=1S/C15H19FN2O2/c16-13-5-3-12(4-6-13)14(19)2-1-9-18-10-7-15(20)17-8-11-18/h3-6H,1-2,7-11H2,(H,17,20). The van der Waals surface area contributed by atoms with Crippen LogP contribution in [-0.4, -0.2) is 42.8 Å². The lowest BCUT2D eigenvalue weighted by Gasteiger charge is -2.18. The minimum absolute atomic E-state index is 0.0361. The van der Waals surface area contributed by atoms with Crippen molar-refractivity contribution in [3.63, 3.8) is 0 Å². The molecule has 1 aliphatic rings. The molecule has 1 heterocycles. The number of carbonyl (C=O) groups is 2. The van der Waals surface area contributed by atoms with Gasteiger partial charge in [-0.2, -0.15) is 0 Å². The van der Waals surface area contributed by atoms with Gasteiger partial charge in [0, 0.05) is 38.0 Å². The zero-order valence-electron chi connectivity index (χ0n) is 11.4. The lowest BCUT2D eigenvalue weighted by Crippen LogP contribution is -2.29. The van der Waals surface area contributed by atoms with Crippen LogP contribution >= 0.6 is 0 Å². The number of hydrogen-bond acceptors (Lipinski definition) is 3. The van der Waals surface area contributed by atoms with E-state index >= 15 is 0 Å². The second-order valence-corrected chi connectivity index (χ2v) is 4.98. The summed E-state index contributed by atoms with van der Waals surface area (Å²) in [5.41, 5.74) is 0.555. The van der Waals surface area contributed by atoms with Crippen LogP contribution in [0.2, 0.25) is 0 Å². The number of Topliss-reactive ketones (excluding diaryl/α,β-unsaturated/α-hetero) is 1. The molecule has 0 aromatic heterocycles. The van der Waals surface area contributed by atoms with Crippen molar-refractivity contribution in [2.75, 3.05) is 26.2 Å². The summed E-state index contributed by atoms with van der Waals surface area (Å²) in [5, 5.41) is 2.82. The van der Waals surface area contributed by atoms with Crippen LogP contribution in [0.15, 0.2) is 24.3 Å². The number of amides is 1. The molecule has 1 aromatic carbocycles. The molecule has 0 unspecified atom stereocenters. The fourth-order valence-electron chi connectivity index (χ4n) is 2.28. The Morgan fingerprint density at radius 1 is 1.25 bits per heavy atom. The first-order valence-corrected chi connectivity index (χ1v) is 6.93. The van der Waals surface area contributed by atoms with Crippen molar-refractivity contribution in [1.82, 2.24) is 10.2 Å². The van der Waals surface area contributed by atoms with Gasteiger partial charge < -0.3 is 10.2 Å². The predicted octanol–water partition coefficient (Wildman–Crippen LogP) is 1.61. The van der Waals surface area contributed by atoms with E-state index in [1.807, 2.05) is 0 Å². The van der Waals surface area contributed by atoms with Gasteiger partial charge in [-0.05, 0) is 37.2 Å². The van der Waals surface area contributed by atoms with E-state index in [-0.39, 0.29) is 17.5 Å². The van der Waals surface area contributed by atoms with Crippen molar-refractivity contribution in [2.24, 2.45) is 0 Å². The summed E-state index contributed by atoms with van der Waals surface area (Å²) >= 11 is 0. The lowest BCUT2D eigenvalue weighted by molar-refractivity contribution is -0.120. The molecule has 20 heavy (non-hydrogen) atoms. The number of ketones is 1. The van der Waals surface area contributed by atoms with E-state index in [0.29, 0.717) is 24.9 Å². The van der Waals surface area contributed by atoms with Gasteiger partial charge in [-0.15, -0.1) is 0 Å². The summed E-state index contributed by atoms with van der Waals surface area (Å²) in [5.74, 6) is -0.202. The minimum atomic E-state index is -0.330. The van der Waals surface area contributed by atoms with Crippen molar-refractivity contribution in [3.05, 3.63) is 35.6 Å². The average Bonchev–Trinajstić information content (AvgIpc) is 2.64. The summed E-state index contributed by atoms with van der Waals surface area (Å²) < 4.78 is 12.8. The topological polar surface area (TPSA) is 49.4 Å². The van der Waals surface area contributed by atoms with Gasteiger partial charge in [0.15, 0.2) is 5.78 Å². The molecule has 0 bridgehead atoms. The molecule has 0 radical (unpaired) electrons. The fraction of sp³-hybridized carbons (Fsp3) is 0.467. The largest absolute Gasteiger partial charge is 0.355 e. The molecule has 1 N–H and O–H groups in total. The molecule has 0 aliphatic carbocycles. The third kappa shape index (κ3) is 4.42. The molecule has 108 valence electrons. The van der Waals surface area contributed by atoms with Crippen LogP contribution in [0.1, 0.15) is 29.6 Å². The molecule has 2 rings (SSSR count). The average molecular weight is 278 g/mol. The first kappa shape index (κ1) is 14.7. The van der Waals surface area contributed by atoms with Gasteiger partial charge in [0.05, 0.1) is 0 Å². The zero-order chi connectivity index (χ0) is 14.4. The van der Waals surface area contributed by atoms with Crippen LogP contribution < -0.4 is 5.32 Å². The molecule has 5 heteroatoms. The summed E-state index contributed by atoms with van der Waals surface area (Å²) in [6.07, 6.45) is 1.72. The quantitative estimate of drug-likeness (QED) is 0.833. The molecular formula is C15H19FN2O2. The van der Waals surface area contributed by atoms with Crippen molar-refractivity contribution in [1.29, 1.82) is 0 Å². The molecule has 1 saturated heterocycles. The van der Waals surface area contributed by atoms with Crippen molar-refractivity contribution in [2.45, 2.75) is 19.3 Å². The van der Waals surface area contributed by atoms with Crippen molar-refractivity contribution in [3.8, 4) is 0 Å². The maximum Gasteiger partial charge on any atom is 0.221 e. The van der Waals surface area contributed by atoms with Crippen LogP contribution in [0.5, 0.6) is 0 Å². The lowest BCUT2D eigenvalue weighted by atomic mass is 10.1. The first-order chi connectivity index (χ1) is 9.65. The van der Waals surface area contributed by atoms with Crippen molar-refractivity contribution < 1.29 is 14.0 Å². The van der Waals surface area contributed by atoms with E-state index in [1.165, 1.54) is 24.3 Å². The number of rotatable bonds is 5. The Morgan fingerprint density at radius 3 is 2.75 bits per heavy atom. The minimum Gasteiger partial charge on any atom is -0.355 e. The molecule has 4 nitrogen and oxygen atoms in total. The highest BCUT2D eigenvalue weighted by Crippen LogP contribution is 2.08. The second kappa shape index (κ2) is 7.14. The zero-order valence-corrected chi connectivity index (χ0v) is 11.4. The number of carbonyl (C=O) groups excluding carboxylic acids is 2. The fourth-order valence-corrected chi connectivity index (χ4v) is 2.28. The maximum absolute atomic E-state index is 12.8. The first-order valence-electron chi connectivity index (χ1n) is 6.93. The van der Waals surface area contributed by atoms with Crippen LogP contribution in [0, 0.1) is 5.82 Å². The summed E-state index contributed by atoms with van der Waals surface area (Å²) in [4.78, 5) is 25.3. The number of halogens is 1. The van der Waals surface area contributed by atoms with Gasteiger partial charge in [-0.3, -0.25) is 9.59 Å². The van der Waals surface area contributed by atoms with E-state index in [1.54, 1.807) is 0 Å². The summed E-state index contributed by atoms with van der Waals surface area (Å²) in [7, 11) is 0. The number of benzene rings is 1. The molecule has 1 amide bonds. The molecule has 0 saturated carbocycles. The van der Waals surface area contributed by atoms with Gasteiger partial charge >= 0.3 is 0 Å². The van der Waals surface area contributed by atoms with Crippen molar-refractivity contribution >= 4 is 11.7 Å². The molecule has 1 fully saturated rings. The SMILES string of the molecule is O=C1CCN(CCCC(=O)c2ccc(F)cc2)CCN1. The monoisotopic (exact) mass is 278 g/mol. The molecule has 0 spiro atoms. The second-order valence-electron chi connectivity index (χ2n) is 4.98. The van der Waals surface area contributed by atoms with Gasteiger partial charge in [0.25, 0.3) is 0 Å². The number of nitrogens with one attached hydrogen (secondary N) is 1. The maximum atomic E-state index is 12.8. The highest BCUT2D eigenvalue weighted by Gasteiger charge is 2.13. The van der Waals surface area contributed by atoms with E-state index in [2.05, 4.69) is 10.2 Å². The Hall–Kier alpha value is -1.75. The molecule has 0 atom stereocenters. The van der Waals surface area contributed by atoms with E-state index in [4.69, 9.17) is 0 Å². The summed E-state index contributed by atoms with van der Waals surface area (Å²) in [6.45, 7) is 3.06. The van der Waals surface area contributed by atoms with E-state index < -0.39 is 0 Å². The third-order valence-corrected chi connectivity index (χ3v) is 3.45. The Kier molecular flexibility index (Phi) is 5.24. The smallest absolute Gasteiger partial charge is 0.221 e. The highest BCUT2D eigenvalue weighted by atomic mass is 19.1. The Bertz CT molecular complexity index is 473. The van der Waals surface area contributed by atoms with Gasteiger partial charge in [-0.25, -0.2) is 4.39 Å².